The predicted molar refractivity (Wildman–Crippen MR) is 102 cm³/mol. The molecule has 0 aliphatic carbocycles. The molecule has 2 heterocycles. The molecule has 24 heavy (non-hydrogen) atoms. The summed E-state index contributed by atoms with van der Waals surface area (Å²) in [6.45, 7) is 5.21. The molecule has 0 spiro atoms. The van der Waals surface area contributed by atoms with Gasteiger partial charge in [-0.15, -0.1) is 12.4 Å². The van der Waals surface area contributed by atoms with Crippen molar-refractivity contribution in [3.63, 3.8) is 0 Å². The first-order valence-corrected chi connectivity index (χ1v) is 9.03. The van der Waals surface area contributed by atoms with Crippen LogP contribution in [0.25, 0.3) is 6.08 Å². The van der Waals surface area contributed by atoms with Crippen molar-refractivity contribution in [3.05, 3.63) is 42.0 Å². The van der Waals surface area contributed by atoms with E-state index in [2.05, 4.69) is 53.1 Å². The van der Waals surface area contributed by atoms with Crippen LogP contribution in [0.3, 0.4) is 0 Å². The monoisotopic (exact) mass is 348 g/mol. The lowest BCUT2D eigenvalue weighted by Crippen LogP contribution is -2.55. The van der Waals surface area contributed by atoms with E-state index < -0.39 is 0 Å². The van der Waals surface area contributed by atoms with Gasteiger partial charge in [-0.25, -0.2) is 0 Å². The van der Waals surface area contributed by atoms with E-state index in [4.69, 9.17) is 0 Å². The molecule has 2 aliphatic rings. The topological polar surface area (TPSA) is 23.6 Å². The number of likely N-dealkylation sites (tertiary alicyclic amines) is 1. The van der Waals surface area contributed by atoms with Gasteiger partial charge in [0.25, 0.3) is 0 Å². The van der Waals surface area contributed by atoms with Gasteiger partial charge >= 0.3 is 0 Å². The molecule has 132 valence electrons. The molecule has 3 nitrogen and oxygen atoms in total. The Morgan fingerprint density at radius 3 is 2.46 bits per heavy atom. The summed E-state index contributed by atoms with van der Waals surface area (Å²) in [7, 11) is 0. The molecule has 1 aromatic rings. The Labute approximate surface area is 152 Å². The van der Waals surface area contributed by atoms with E-state index in [0.29, 0.717) is 18.0 Å². The van der Waals surface area contributed by atoms with Crippen molar-refractivity contribution in [3.8, 4) is 0 Å². The summed E-state index contributed by atoms with van der Waals surface area (Å²) in [5, 5.41) is 0. The normalized spacial score (nSPS) is 23.5. The van der Waals surface area contributed by atoms with E-state index in [1.54, 1.807) is 0 Å². The molecular weight excluding hydrogens is 320 g/mol. The first-order valence-electron chi connectivity index (χ1n) is 9.03. The van der Waals surface area contributed by atoms with Gasteiger partial charge in [0.15, 0.2) is 0 Å². The molecule has 3 rings (SSSR count). The molecule has 0 radical (unpaired) electrons. The molecule has 0 aromatic heterocycles. The molecule has 4 heteroatoms. The lowest BCUT2D eigenvalue weighted by Gasteiger charge is -2.41. The average Bonchev–Trinajstić information content (AvgIpc) is 2.84. The number of benzene rings is 1. The molecule has 1 amide bonds. The second-order valence-electron chi connectivity index (χ2n) is 6.82. The van der Waals surface area contributed by atoms with Crippen LogP contribution in [0.1, 0.15) is 44.6 Å². The number of hydrogen-bond acceptors (Lipinski definition) is 2. The number of piperazine rings is 1. The number of carbonyl (C=O) groups is 1. The quantitative estimate of drug-likeness (QED) is 0.776. The molecule has 2 atom stereocenters. The molecule has 0 saturated carbocycles. The van der Waals surface area contributed by atoms with E-state index in [9.17, 15) is 4.79 Å². The summed E-state index contributed by atoms with van der Waals surface area (Å²) in [4.78, 5) is 17.1. The number of rotatable bonds is 6. The average molecular weight is 349 g/mol. The highest BCUT2D eigenvalue weighted by Crippen LogP contribution is 2.31. The number of carbonyl (C=O) groups excluding carboxylic acids is 1. The van der Waals surface area contributed by atoms with Gasteiger partial charge in [0.05, 0.1) is 0 Å². The fourth-order valence-corrected chi connectivity index (χ4v) is 3.91. The first kappa shape index (κ1) is 19.0. The summed E-state index contributed by atoms with van der Waals surface area (Å²) in [6.07, 6.45) is 9.67. The molecule has 1 aromatic carbocycles. The minimum atomic E-state index is 0. The fraction of sp³-hybridized carbons (Fsp3) is 0.550. The molecule has 2 saturated heterocycles. The van der Waals surface area contributed by atoms with Crippen LogP contribution >= 0.6 is 12.4 Å². The predicted octanol–water partition coefficient (Wildman–Crippen LogP) is 3.99. The van der Waals surface area contributed by atoms with Crippen molar-refractivity contribution in [1.29, 1.82) is 0 Å². The third-order valence-corrected chi connectivity index (χ3v) is 5.06. The van der Waals surface area contributed by atoms with Crippen LogP contribution in [0.15, 0.2) is 36.4 Å². The van der Waals surface area contributed by atoms with E-state index in [0.717, 1.165) is 38.9 Å². The Kier molecular flexibility index (Phi) is 7.32. The van der Waals surface area contributed by atoms with Crippen molar-refractivity contribution in [2.45, 2.75) is 51.1 Å². The van der Waals surface area contributed by atoms with Gasteiger partial charge in [-0.3, -0.25) is 9.69 Å². The zero-order valence-corrected chi connectivity index (χ0v) is 15.4. The van der Waals surface area contributed by atoms with Gasteiger partial charge in [-0.1, -0.05) is 55.8 Å². The number of unbranched alkanes of at least 4 members (excludes halogenated alkanes) is 1. The highest BCUT2D eigenvalue weighted by atomic mass is 35.5. The van der Waals surface area contributed by atoms with Crippen LogP contribution in [0, 0.1) is 0 Å². The van der Waals surface area contributed by atoms with Crippen molar-refractivity contribution in [2.24, 2.45) is 0 Å². The molecule has 2 bridgehead atoms. The lowest BCUT2D eigenvalue weighted by atomic mass is 10.1. The number of fused-ring (bicyclic) bond motifs is 2. The van der Waals surface area contributed by atoms with Gasteiger partial charge in [-0.2, -0.15) is 0 Å². The second-order valence-corrected chi connectivity index (χ2v) is 6.82. The van der Waals surface area contributed by atoms with E-state index in [1.165, 1.54) is 18.4 Å². The fourth-order valence-electron chi connectivity index (χ4n) is 3.91. The van der Waals surface area contributed by atoms with Gasteiger partial charge in [0.2, 0.25) is 5.91 Å². The van der Waals surface area contributed by atoms with Crippen LogP contribution in [0.5, 0.6) is 0 Å². The molecular formula is C20H29ClN2O. The van der Waals surface area contributed by atoms with Crippen LogP contribution < -0.4 is 0 Å². The second kappa shape index (κ2) is 9.24. The van der Waals surface area contributed by atoms with Crippen molar-refractivity contribution >= 4 is 24.4 Å². The summed E-state index contributed by atoms with van der Waals surface area (Å²) in [6, 6.07) is 11.3. The van der Waals surface area contributed by atoms with Gasteiger partial charge in [-0.05, 0) is 24.8 Å². The van der Waals surface area contributed by atoms with E-state index in [-0.39, 0.29) is 12.4 Å². The Balaban J connectivity index is 0.00000208. The summed E-state index contributed by atoms with van der Waals surface area (Å²) in [5.74, 6) is 0.388. The Morgan fingerprint density at radius 2 is 1.83 bits per heavy atom. The highest BCUT2D eigenvalue weighted by Gasteiger charge is 2.41. The van der Waals surface area contributed by atoms with Crippen LogP contribution in [0.2, 0.25) is 0 Å². The van der Waals surface area contributed by atoms with Crippen LogP contribution in [0.4, 0.5) is 0 Å². The number of amides is 1. The summed E-state index contributed by atoms with van der Waals surface area (Å²) < 4.78 is 0. The summed E-state index contributed by atoms with van der Waals surface area (Å²) >= 11 is 0. The SMILES string of the molecule is CCCCC(=O)N1C2CCC1CN(CC=Cc1ccccc1)C2.Cl. The molecule has 0 N–H and O–H groups in total. The summed E-state index contributed by atoms with van der Waals surface area (Å²) in [5.41, 5.74) is 1.25. The maximum absolute atomic E-state index is 12.4. The zero-order valence-electron chi connectivity index (χ0n) is 14.6. The minimum absolute atomic E-state index is 0. The Bertz CT molecular complexity index is 532. The van der Waals surface area contributed by atoms with Gasteiger partial charge < -0.3 is 4.90 Å². The third-order valence-electron chi connectivity index (χ3n) is 5.06. The maximum Gasteiger partial charge on any atom is 0.223 e. The molecule has 2 fully saturated rings. The van der Waals surface area contributed by atoms with Gasteiger partial charge in [0, 0.05) is 38.1 Å². The van der Waals surface area contributed by atoms with Crippen LogP contribution in [-0.4, -0.2) is 47.4 Å². The van der Waals surface area contributed by atoms with Gasteiger partial charge in [0.1, 0.15) is 0 Å². The highest BCUT2D eigenvalue weighted by molar-refractivity contribution is 5.85. The van der Waals surface area contributed by atoms with E-state index in [1.807, 2.05) is 6.07 Å². The van der Waals surface area contributed by atoms with E-state index >= 15 is 0 Å². The Morgan fingerprint density at radius 1 is 1.17 bits per heavy atom. The maximum atomic E-state index is 12.4. The largest absolute Gasteiger partial charge is 0.334 e. The van der Waals surface area contributed by atoms with Crippen molar-refractivity contribution < 1.29 is 4.79 Å². The zero-order chi connectivity index (χ0) is 16.1. The minimum Gasteiger partial charge on any atom is -0.334 e. The number of hydrogen-bond donors (Lipinski definition) is 0. The van der Waals surface area contributed by atoms with Crippen LogP contribution in [-0.2, 0) is 4.79 Å². The van der Waals surface area contributed by atoms with Crippen molar-refractivity contribution in [1.82, 2.24) is 9.80 Å². The molecule has 2 aliphatic heterocycles. The standard InChI is InChI=1S/C20H28N2O.ClH/c1-2-3-11-20(23)22-18-12-13-19(22)16-21(15-18)14-7-10-17-8-5-4-6-9-17;/h4-10,18-19H,2-3,11-16H2,1H3;1H. The number of halogens is 1. The smallest absolute Gasteiger partial charge is 0.223 e. The first-order chi connectivity index (χ1) is 11.3. The lowest BCUT2D eigenvalue weighted by molar-refractivity contribution is -0.136. The molecule has 2 unspecified atom stereocenters. The number of nitrogens with zero attached hydrogens (tertiary/aromatic N) is 2. The Hall–Kier alpha value is -1.32. The van der Waals surface area contributed by atoms with Crippen molar-refractivity contribution in [2.75, 3.05) is 19.6 Å². The third kappa shape index (κ3) is 4.61.